The number of benzene rings is 1. The molecule has 0 saturated carbocycles. The van der Waals surface area contributed by atoms with Gasteiger partial charge < -0.3 is 15.2 Å². The molecule has 3 nitrogen and oxygen atoms in total. The van der Waals surface area contributed by atoms with E-state index in [1.807, 2.05) is 12.1 Å². The second-order valence-electron chi connectivity index (χ2n) is 5.49. The molecule has 0 spiro atoms. The first-order valence-corrected chi connectivity index (χ1v) is 8.11. The van der Waals surface area contributed by atoms with Crippen molar-refractivity contribution in [3.63, 3.8) is 0 Å². The minimum atomic E-state index is 0.132. The largest absolute Gasteiger partial charge is 0.493 e. The topological polar surface area (TPSA) is 41.5 Å². The van der Waals surface area contributed by atoms with Gasteiger partial charge in [-0.05, 0) is 37.0 Å². The van der Waals surface area contributed by atoms with Crippen molar-refractivity contribution in [2.75, 3.05) is 13.2 Å². The van der Waals surface area contributed by atoms with Crippen molar-refractivity contribution in [1.82, 2.24) is 5.32 Å². The summed E-state index contributed by atoms with van der Waals surface area (Å²) in [4.78, 5) is 0. The van der Waals surface area contributed by atoms with Crippen LogP contribution < -0.4 is 10.1 Å². The first kappa shape index (κ1) is 17.5. The van der Waals surface area contributed by atoms with Gasteiger partial charge in [0.2, 0.25) is 0 Å². The van der Waals surface area contributed by atoms with E-state index in [4.69, 9.17) is 4.74 Å². The normalized spacial score (nSPS) is 12.7. The van der Waals surface area contributed by atoms with Gasteiger partial charge in [-0.2, -0.15) is 0 Å². The fourth-order valence-corrected chi connectivity index (χ4v) is 2.49. The zero-order chi connectivity index (χ0) is 15.0. The maximum Gasteiger partial charge on any atom is 0.123 e. The molecular weight excluding hydrogens is 318 g/mol. The monoisotopic (exact) mass is 343 g/mol. The highest BCUT2D eigenvalue weighted by Gasteiger charge is 2.11. The third-order valence-electron chi connectivity index (χ3n) is 3.04. The van der Waals surface area contributed by atoms with Crippen LogP contribution in [0.15, 0.2) is 22.7 Å². The zero-order valence-corrected chi connectivity index (χ0v) is 14.2. The standard InChI is InChI=1S/C16H26BrNO2/c1-4-7-20-16-6-5-14(17)9-13(16)10-18-15(11-19)8-12(2)3/h5-6,9,12,15,18-19H,4,7-8,10-11H2,1-3H3. The Bertz CT molecular complexity index is 396. The van der Waals surface area contributed by atoms with Crippen LogP contribution in [-0.2, 0) is 6.54 Å². The molecule has 1 aromatic rings. The SMILES string of the molecule is CCCOc1ccc(Br)cc1CNC(CO)CC(C)C. The van der Waals surface area contributed by atoms with Gasteiger partial charge >= 0.3 is 0 Å². The van der Waals surface area contributed by atoms with Crippen LogP contribution in [0.1, 0.15) is 39.2 Å². The maximum absolute atomic E-state index is 9.42. The molecule has 0 aromatic heterocycles. The van der Waals surface area contributed by atoms with E-state index in [0.29, 0.717) is 12.5 Å². The van der Waals surface area contributed by atoms with Crippen LogP contribution in [-0.4, -0.2) is 24.4 Å². The number of nitrogens with one attached hydrogen (secondary N) is 1. The first-order chi connectivity index (χ1) is 9.56. The van der Waals surface area contributed by atoms with Crippen molar-refractivity contribution < 1.29 is 9.84 Å². The predicted octanol–water partition coefficient (Wildman–Crippen LogP) is 3.73. The summed E-state index contributed by atoms with van der Waals surface area (Å²) in [5, 5.41) is 12.8. The van der Waals surface area contributed by atoms with Gasteiger partial charge in [0.05, 0.1) is 13.2 Å². The summed E-state index contributed by atoms with van der Waals surface area (Å²) in [6.07, 6.45) is 1.96. The molecule has 0 saturated heterocycles. The van der Waals surface area contributed by atoms with Crippen LogP contribution in [0.2, 0.25) is 0 Å². The number of ether oxygens (including phenoxy) is 1. The summed E-state index contributed by atoms with van der Waals surface area (Å²) >= 11 is 3.50. The van der Waals surface area contributed by atoms with Crippen molar-refractivity contribution >= 4 is 15.9 Å². The average molecular weight is 344 g/mol. The maximum atomic E-state index is 9.42. The van der Waals surface area contributed by atoms with Gasteiger partial charge in [-0.3, -0.25) is 0 Å². The van der Waals surface area contributed by atoms with E-state index in [1.54, 1.807) is 0 Å². The van der Waals surface area contributed by atoms with E-state index in [0.717, 1.165) is 35.2 Å². The summed E-state index contributed by atoms with van der Waals surface area (Å²) in [6.45, 7) is 8.03. The highest BCUT2D eigenvalue weighted by atomic mass is 79.9. The molecule has 1 rings (SSSR count). The Labute approximate surface area is 130 Å². The van der Waals surface area contributed by atoms with Crippen LogP contribution >= 0.6 is 15.9 Å². The van der Waals surface area contributed by atoms with Crippen molar-refractivity contribution in [3.05, 3.63) is 28.2 Å². The highest BCUT2D eigenvalue weighted by molar-refractivity contribution is 9.10. The molecule has 0 amide bonds. The molecule has 1 atom stereocenters. The Morgan fingerprint density at radius 3 is 2.70 bits per heavy atom. The van der Waals surface area contributed by atoms with E-state index in [2.05, 4.69) is 48.1 Å². The summed E-state index contributed by atoms with van der Waals surface area (Å²) in [7, 11) is 0. The molecule has 0 fully saturated rings. The van der Waals surface area contributed by atoms with Crippen molar-refractivity contribution in [3.8, 4) is 5.75 Å². The number of aliphatic hydroxyl groups excluding tert-OH is 1. The lowest BCUT2D eigenvalue weighted by atomic mass is 10.0. The second-order valence-corrected chi connectivity index (χ2v) is 6.41. The predicted molar refractivity (Wildman–Crippen MR) is 87.1 cm³/mol. The zero-order valence-electron chi connectivity index (χ0n) is 12.7. The number of halogens is 1. The Hall–Kier alpha value is -0.580. The summed E-state index contributed by atoms with van der Waals surface area (Å²) < 4.78 is 6.81. The molecule has 0 bridgehead atoms. The molecule has 2 N–H and O–H groups in total. The number of hydrogen-bond donors (Lipinski definition) is 2. The minimum Gasteiger partial charge on any atom is -0.493 e. The van der Waals surface area contributed by atoms with Gasteiger partial charge in [0.1, 0.15) is 5.75 Å². The average Bonchev–Trinajstić information content (AvgIpc) is 2.42. The molecule has 114 valence electrons. The first-order valence-electron chi connectivity index (χ1n) is 7.32. The highest BCUT2D eigenvalue weighted by Crippen LogP contribution is 2.23. The van der Waals surface area contributed by atoms with Crippen LogP contribution in [0, 0.1) is 5.92 Å². The summed E-state index contributed by atoms with van der Waals surface area (Å²) in [5.41, 5.74) is 1.12. The molecule has 0 aliphatic heterocycles. The summed E-state index contributed by atoms with van der Waals surface area (Å²) in [6, 6.07) is 6.19. The Morgan fingerprint density at radius 1 is 1.35 bits per heavy atom. The van der Waals surface area contributed by atoms with Crippen LogP contribution in [0.5, 0.6) is 5.75 Å². The van der Waals surface area contributed by atoms with Crippen molar-refractivity contribution in [2.24, 2.45) is 5.92 Å². The van der Waals surface area contributed by atoms with Crippen LogP contribution in [0.4, 0.5) is 0 Å². The lowest BCUT2D eigenvalue weighted by Gasteiger charge is -2.19. The Balaban J connectivity index is 2.66. The van der Waals surface area contributed by atoms with E-state index < -0.39 is 0 Å². The third kappa shape index (κ3) is 6.25. The molecular formula is C16H26BrNO2. The van der Waals surface area contributed by atoms with Gasteiger partial charge in [-0.1, -0.05) is 36.7 Å². The number of rotatable bonds is 9. The smallest absolute Gasteiger partial charge is 0.123 e. The molecule has 0 heterocycles. The van der Waals surface area contributed by atoms with Gasteiger partial charge in [-0.25, -0.2) is 0 Å². The third-order valence-corrected chi connectivity index (χ3v) is 3.53. The van der Waals surface area contributed by atoms with Crippen molar-refractivity contribution in [1.29, 1.82) is 0 Å². The lowest BCUT2D eigenvalue weighted by Crippen LogP contribution is -2.33. The molecule has 4 heteroatoms. The van der Waals surface area contributed by atoms with E-state index in [1.165, 1.54) is 0 Å². The fourth-order valence-electron chi connectivity index (χ4n) is 2.08. The van der Waals surface area contributed by atoms with E-state index in [-0.39, 0.29) is 12.6 Å². The van der Waals surface area contributed by atoms with Gasteiger partial charge in [0.25, 0.3) is 0 Å². The summed E-state index contributed by atoms with van der Waals surface area (Å²) in [5.74, 6) is 1.49. The minimum absolute atomic E-state index is 0.132. The van der Waals surface area contributed by atoms with Crippen LogP contribution in [0.25, 0.3) is 0 Å². The molecule has 0 aliphatic carbocycles. The molecule has 1 unspecified atom stereocenters. The lowest BCUT2D eigenvalue weighted by molar-refractivity contribution is 0.222. The number of aliphatic hydroxyl groups is 1. The van der Waals surface area contributed by atoms with Crippen molar-refractivity contribution in [2.45, 2.75) is 46.2 Å². The Kier molecular flexibility index (Phi) is 8.19. The van der Waals surface area contributed by atoms with E-state index >= 15 is 0 Å². The molecule has 0 radical (unpaired) electrons. The van der Waals surface area contributed by atoms with Gasteiger partial charge in [-0.15, -0.1) is 0 Å². The van der Waals surface area contributed by atoms with Crippen LogP contribution in [0.3, 0.4) is 0 Å². The molecule has 20 heavy (non-hydrogen) atoms. The van der Waals surface area contributed by atoms with Gasteiger partial charge in [0.15, 0.2) is 0 Å². The number of hydrogen-bond acceptors (Lipinski definition) is 3. The fraction of sp³-hybridized carbons (Fsp3) is 0.625. The second kappa shape index (κ2) is 9.37. The molecule has 0 aliphatic rings. The van der Waals surface area contributed by atoms with E-state index in [9.17, 15) is 5.11 Å². The quantitative estimate of drug-likeness (QED) is 0.717. The molecule has 1 aromatic carbocycles. The Morgan fingerprint density at radius 2 is 2.10 bits per heavy atom. The van der Waals surface area contributed by atoms with Gasteiger partial charge in [0, 0.05) is 22.6 Å².